The lowest BCUT2D eigenvalue weighted by Gasteiger charge is -2.07. The third-order valence-electron chi connectivity index (χ3n) is 3.98. The van der Waals surface area contributed by atoms with Crippen molar-refractivity contribution in [3.8, 4) is 10.4 Å². The molecule has 0 saturated heterocycles. The second kappa shape index (κ2) is 7.93. The molecule has 0 bridgehead atoms. The maximum Gasteiger partial charge on any atom is 0.255 e. The van der Waals surface area contributed by atoms with Crippen molar-refractivity contribution < 1.29 is 4.79 Å². The molecule has 3 heteroatoms. The molecular weight excluding hydrogens is 314 g/mol. The molecule has 3 aromatic rings. The minimum Gasteiger partial charge on any atom is -0.322 e. The van der Waals surface area contributed by atoms with E-state index in [1.165, 1.54) is 23.3 Å². The van der Waals surface area contributed by atoms with E-state index in [2.05, 4.69) is 35.8 Å². The number of hydrogen-bond donors (Lipinski definition) is 1. The maximum atomic E-state index is 12.4. The summed E-state index contributed by atoms with van der Waals surface area (Å²) < 4.78 is 0. The number of rotatable bonds is 6. The third kappa shape index (κ3) is 4.12. The van der Waals surface area contributed by atoms with E-state index in [0.717, 1.165) is 17.7 Å². The summed E-state index contributed by atoms with van der Waals surface area (Å²) in [5.41, 5.74) is 3.96. The smallest absolute Gasteiger partial charge is 0.255 e. The predicted molar refractivity (Wildman–Crippen MR) is 103 cm³/mol. The molecule has 0 aliphatic carbocycles. The lowest BCUT2D eigenvalue weighted by atomic mass is 10.1. The van der Waals surface area contributed by atoms with Gasteiger partial charge in [-0.15, -0.1) is 11.3 Å². The van der Waals surface area contributed by atoms with Crippen LogP contribution in [-0.2, 0) is 6.42 Å². The molecule has 2 aromatic carbocycles. The van der Waals surface area contributed by atoms with Crippen molar-refractivity contribution in [2.45, 2.75) is 26.2 Å². The average molecular weight is 335 g/mol. The van der Waals surface area contributed by atoms with Crippen molar-refractivity contribution in [2.75, 3.05) is 5.32 Å². The Labute approximate surface area is 147 Å². The minimum absolute atomic E-state index is 0.0750. The topological polar surface area (TPSA) is 29.1 Å². The van der Waals surface area contributed by atoms with Crippen LogP contribution in [0.3, 0.4) is 0 Å². The van der Waals surface area contributed by atoms with Crippen LogP contribution in [0.5, 0.6) is 0 Å². The number of benzene rings is 2. The summed E-state index contributed by atoms with van der Waals surface area (Å²) in [6.45, 7) is 2.19. The first-order valence-electron chi connectivity index (χ1n) is 8.30. The molecule has 1 N–H and O–H groups in total. The molecule has 1 amide bonds. The molecule has 0 fully saturated rings. The minimum atomic E-state index is -0.0750. The van der Waals surface area contributed by atoms with Crippen LogP contribution >= 0.6 is 11.3 Å². The van der Waals surface area contributed by atoms with E-state index in [1.807, 2.05) is 42.5 Å². The summed E-state index contributed by atoms with van der Waals surface area (Å²) in [7, 11) is 0. The van der Waals surface area contributed by atoms with E-state index < -0.39 is 0 Å². The highest BCUT2D eigenvalue weighted by Gasteiger charge is 2.07. The van der Waals surface area contributed by atoms with Crippen LogP contribution in [0.15, 0.2) is 66.0 Å². The van der Waals surface area contributed by atoms with Gasteiger partial charge < -0.3 is 5.32 Å². The highest BCUT2D eigenvalue weighted by molar-refractivity contribution is 7.13. The van der Waals surface area contributed by atoms with Crippen LogP contribution in [0.1, 0.15) is 35.7 Å². The number of carbonyl (C=O) groups is 1. The lowest BCUT2D eigenvalue weighted by Crippen LogP contribution is -2.11. The molecule has 2 nitrogen and oxygen atoms in total. The first kappa shape index (κ1) is 16.5. The quantitative estimate of drug-likeness (QED) is 0.587. The van der Waals surface area contributed by atoms with E-state index >= 15 is 0 Å². The van der Waals surface area contributed by atoms with E-state index in [0.29, 0.717) is 5.56 Å². The largest absolute Gasteiger partial charge is 0.322 e. The van der Waals surface area contributed by atoms with E-state index in [1.54, 1.807) is 11.3 Å². The van der Waals surface area contributed by atoms with Crippen molar-refractivity contribution >= 4 is 22.9 Å². The van der Waals surface area contributed by atoms with Gasteiger partial charge in [0.1, 0.15) is 0 Å². The van der Waals surface area contributed by atoms with Crippen LogP contribution in [0, 0.1) is 0 Å². The van der Waals surface area contributed by atoms with Crippen molar-refractivity contribution in [1.29, 1.82) is 0 Å². The number of nitrogens with one attached hydrogen (secondary N) is 1. The zero-order chi connectivity index (χ0) is 16.8. The number of amides is 1. The Morgan fingerprint density at radius 3 is 2.38 bits per heavy atom. The summed E-state index contributed by atoms with van der Waals surface area (Å²) in [5, 5.41) is 5.02. The highest BCUT2D eigenvalue weighted by atomic mass is 32.1. The molecule has 0 atom stereocenters. The fourth-order valence-electron chi connectivity index (χ4n) is 2.57. The standard InChI is InChI=1S/C21H21NOS/c1-2-3-5-16-7-13-19(14-8-16)22-21(23)18-11-9-17(10-12-18)20-6-4-15-24-20/h4,6-15H,2-3,5H2,1H3,(H,22,23). The zero-order valence-electron chi connectivity index (χ0n) is 13.8. The first-order chi connectivity index (χ1) is 11.8. The van der Waals surface area contributed by atoms with Crippen LogP contribution in [-0.4, -0.2) is 5.91 Å². The van der Waals surface area contributed by atoms with Crippen LogP contribution in [0.4, 0.5) is 5.69 Å². The molecular formula is C21H21NOS. The van der Waals surface area contributed by atoms with Crippen molar-refractivity contribution in [1.82, 2.24) is 0 Å². The molecule has 0 unspecified atom stereocenters. The molecule has 1 heterocycles. The Morgan fingerprint density at radius 1 is 1.00 bits per heavy atom. The lowest BCUT2D eigenvalue weighted by molar-refractivity contribution is 0.102. The Kier molecular flexibility index (Phi) is 5.44. The average Bonchev–Trinajstić information content (AvgIpc) is 3.16. The van der Waals surface area contributed by atoms with Crippen molar-refractivity contribution in [3.63, 3.8) is 0 Å². The highest BCUT2D eigenvalue weighted by Crippen LogP contribution is 2.24. The fourth-order valence-corrected chi connectivity index (χ4v) is 3.30. The predicted octanol–water partition coefficient (Wildman–Crippen LogP) is 6.01. The molecule has 0 spiro atoms. The van der Waals surface area contributed by atoms with Gasteiger partial charge >= 0.3 is 0 Å². The van der Waals surface area contributed by atoms with Gasteiger partial charge in [-0.2, -0.15) is 0 Å². The van der Waals surface area contributed by atoms with Gasteiger partial charge in [0.15, 0.2) is 0 Å². The van der Waals surface area contributed by atoms with Crippen molar-refractivity contribution in [3.05, 3.63) is 77.2 Å². The molecule has 0 aliphatic heterocycles. The summed E-state index contributed by atoms with van der Waals surface area (Å²) in [4.78, 5) is 13.6. The molecule has 0 aliphatic rings. The van der Waals surface area contributed by atoms with Gasteiger partial charge in [0.05, 0.1) is 0 Å². The number of unbranched alkanes of at least 4 members (excludes halogenated alkanes) is 1. The number of hydrogen-bond acceptors (Lipinski definition) is 2. The molecule has 122 valence electrons. The SMILES string of the molecule is CCCCc1ccc(NC(=O)c2ccc(-c3cccs3)cc2)cc1. The molecule has 3 rings (SSSR count). The number of thiophene rings is 1. The number of carbonyl (C=O) groups excluding carboxylic acids is 1. The summed E-state index contributed by atoms with van der Waals surface area (Å²) in [6.07, 6.45) is 3.48. The number of aryl methyl sites for hydroxylation is 1. The second-order valence-corrected chi connectivity index (χ2v) is 6.76. The molecule has 0 radical (unpaired) electrons. The second-order valence-electron chi connectivity index (χ2n) is 5.81. The van der Waals surface area contributed by atoms with Crippen molar-refractivity contribution in [2.24, 2.45) is 0 Å². The normalized spacial score (nSPS) is 10.5. The zero-order valence-corrected chi connectivity index (χ0v) is 14.6. The Bertz CT molecular complexity index is 774. The Balaban J connectivity index is 1.64. The van der Waals surface area contributed by atoms with Gasteiger partial charge in [0.25, 0.3) is 5.91 Å². The van der Waals surface area contributed by atoms with Gasteiger partial charge in [0, 0.05) is 16.1 Å². The fraction of sp³-hybridized carbons (Fsp3) is 0.190. The van der Waals surface area contributed by atoms with Crippen LogP contribution in [0.25, 0.3) is 10.4 Å². The summed E-state index contributed by atoms with van der Waals surface area (Å²) in [6, 6.07) is 20.0. The van der Waals surface area contributed by atoms with E-state index in [9.17, 15) is 4.79 Å². The molecule has 24 heavy (non-hydrogen) atoms. The first-order valence-corrected chi connectivity index (χ1v) is 9.18. The van der Waals surface area contributed by atoms with Crippen LogP contribution in [0.2, 0.25) is 0 Å². The third-order valence-corrected chi connectivity index (χ3v) is 4.90. The Morgan fingerprint density at radius 2 is 1.75 bits per heavy atom. The summed E-state index contributed by atoms with van der Waals surface area (Å²) in [5.74, 6) is -0.0750. The van der Waals surface area contributed by atoms with Gasteiger partial charge in [-0.25, -0.2) is 0 Å². The Hall–Kier alpha value is -2.39. The maximum absolute atomic E-state index is 12.4. The molecule has 1 aromatic heterocycles. The van der Waals surface area contributed by atoms with Gasteiger partial charge in [0.2, 0.25) is 0 Å². The number of anilines is 1. The van der Waals surface area contributed by atoms with Gasteiger partial charge in [-0.3, -0.25) is 4.79 Å². The van der Waals surface area contributed by atoms with E-state index in [4.69, 9.17) is 0 Å². The molecule has 0 saturated carbocycles. The summed E-state index contributed by atoms with van der Waals surface area (Å²) >= 11 is 1.70. The van der Waals surface area contributed by atoms with Gasteiger partial charge in [-0.1, -0.05) is 43.7 Å². The van der Waals surface area contributed by atoms with Crippen LogP contribution < -0.4 is 5.32 Å². The van der Waals surface area contributed by atoms with E-state index in [-0.39, 0.29) is 5.91 Å². The van der Waals surface area contributed by atoms with Gasteiger partial charge in [-0.05, 0) is 59.7 Å². The monoisotopic (exact) mass is 335 g/mol.